The zero-order chi connectivity index (χ0) is 51.4. The van der Waals surface area contributed by atoms with E-state index >= 15 is 0 Å². The van der Waals surface area contributed by atoms with Gasteiger partial charge >= 0.3 is 17.9 Å². The van der Waals surface area contributed by atoms with E-state index in [-0.39, 0.29) is 31.1 Å². The largest absolute Gasteiger partial charge is 0.462 e. The van der Waals surface area contributed by atoms with Crippen molar-refractivity contribution in [1.82, 2.24) is 0 Å². The summed E-state index contributed by atoms with van der Waals surface area (Å²) in [5.74, 6) is -0.837. The molecule has 0 aliphatic rings. The van der Waals surface area contributed by atoms with Crippen molar-refractivity contribution in [3.8, 4) is 0 Å². The highest BCUT2D eigenvalue weighted by atomic mass is 16.6. The maximum absolute atomic E-state index is 12.8. The van der Waals surface area contributed by atoms with E-state index in [4.69, 9.17) is 14.2 Å². The third kappa shape index (κ3) is 59.2. The quantitative estimate of drug-likeness (QED) is 0.0343. The van der Waals surface area contributed by atoms with Crippen LogP contribution in [-0.4, -0.2) is 37.2 Å². The van der Waals surface area contributed by atoms with Crippen LogP contribution >= 0.6 is 0 Å². The summed E-state index contributed by atoms with van der Waals surface area (Å²) in [5, 5.41) is 0. The molecule has 0 N–H and O–H groups in total. The number of rotatable bonds is 61. The van der Waals surface area contributed by atoms with E-state index < -0.39 is 6.10 Å². The van der Waals surface area contributed by atoms with Crippen LogP contribution in [0.25, 0.3) is 0 Å². The molecular weight excluding hydrogens is 877 g/mol. The van der Waals surface area contributed by atoms with Crippen LogP contribution in [0.15, 0.2) is 0 Å². The summed E-state index contributed by atoms with van der Waals surface area (Å²) in [5.41, 5.74) is 0. The van der Waals surface area contributed by atoms with Gasteiger partial charge in [-0.15, -0.1) is 0 Å². The van der Waals surface area contributed by atoms with Gasteiger partial charge in [-0.3, -0.25) is 14.4 Å². The van der Waals surface area contributed by atoms with Crippen molar-refractivity contribution in [1.29, 1.82) is 0 Å². The fraction of sp³-hybridized carbons (Fsp3) is 0.954. The molecule has 0 rings (SSSR count). The van der Waals surface area contributed by atoms with Gasteiger partial charge in [0.2, 0.25) is 0 Å². The number of ether oxygens (including phenoxy) is 3. The second-order valence-corrected chi connectivity index (χ2v) is 22.4. The van der Waals surface area contributed by atoms with E-state index in [1.807, 2.05) is 0 Å². The van der Waals surface area contributed by atoms with Crippen LogP contribution in [0, 0.1) is 0 Å². The standard InChI is InChI=1S/C65H126O6/c1-4-7-10-13-16-19-21-23-25-26-27-28-29-30-31-32-33-34-35-36-37-38-39-40-41-43-44-46-49-52-55-58-64(67)70-61-62(60-69-63(66)57-54-51-48-18-15-12-9-6-3)71-65(68)59-56-53-50-47-45-42-24-22-20-17-14-11-8-5-2/h62H,4-61H2,1-3H3. The van der Waals surface area contributed by atoms with E-state index in [0.717, 1.165) is 57.8 Å². The van der Waals surface area contributed by atoms with Crippen LogP contribution in [0.1, 0.15) is 380 Å². The molecule has 0 aromatic heterocycles. The lowest BCUT2D eigenvalue weighted by Gasteiger charge is -2.18. The molecule has 0 radical (unpaired) electrons. The molecule has 0 heterocycles. The van der Waals surface area contributed by atoms with Gasteiger partial charge in [-0.1, -0.05) is 342 Å². The van der Waals surface area contributed by atoms with Crippen molar-refractivity contribution in [2.24, 2.45) is 0 Å². The van der Waals surface area contributed by atoms with Gasteiger partial charge in [0.05, 0.1) is 0 Å². The highest BCUT2D eigenvalue weighted by Crippen LogP contribution is 2.19. The number of carbonyl (C=O) groups excluding carboxylic acids is 3. The highest BCUT2D eigenvalue weighted by Gasteiger charge is 2.19. The number of carbonyl (C=O) groups is 3. The Labute approximate surface area is 444 Å². The minimum atomic E-state index is -0.760. The number of hydrogen-bond acceptors (Lipinski definition) is 6. The predicted molar refractivity (Wildman–Crippen MR) is 307 cm³/mol. The van der Waals surface area contributed by atoms with Gasteiger partial charge in [0, 0.05) is 19.3 Å². The smallest absolute Gasteiger partial charge is 0.306 e. The average molecular weight is 1000 g/mol. The minimum Gasteiger partial charge on any atom is -0.462 e. The Kier molecular flexibility index (Phi) is 59.6. The average Bonchev–Trinajstić information content (AvgIpc) is 3.37. The highest BCUT2D eigenvalue weighted by molar-refractivity contribution is 5.71. The molecule has 6 heteroatoms. The van der Waals surface area contributed by atoms with Gasteiger partial charge in [0.15, 0.2) is 6.10 Å². The molecule has 0 aliphatic heterocycles. The molecule has 71 heavy (non-hydrogen) atoms. The summed E-state index contributed by atoms with van der Waals surface area (Å²) in [7, 11) is 0. The fourth-order valence-corrected chi connectivity index (χ4v) is 10.2. The summed E-state index contributed by atoms with van der Waals surface area (Å²) >= 11 is 0. The Morgan fingerprint density at radius 1 is 0.225 bits per heavy atom. The molecule has 0 fully saturated rings. The maximum atomic E-state index is 12.8. The SMILES string of the molecule is CCCCCCCCCCCCCCCCCCCCCCCCCCCCCCCCCC(=O)OCC(COC(=O)CCCCCCCCCC)OC(=O)CCCCCCCCCCCCCCCC. The van der Waals surface area contributed by atoms with Crippen molar-refractivity contribution in [2.45, 2.75) is 386 Å². The van der Waals surface area contributed by atoms with E-state index in [1.165, 1.54) is 283 Å². The Bertz CT molecular complexity index is 1060. The second kappa shape index (κ2) is 61.0. The zero-order valence-electron chi connectivity index (χ0n) is 48.5. The van der Waals surface area contributed by atoms with Gasteiger partial charge in [-0.25, -0.2) is 0 Å². The van der Waals surface area contributed by atoms with E-state index in [2.05, 4.69) is 20.8 Å². The number of hydrogen-bond donors (Lipinski definition) is 0. The van der Waals surface area contributed by atoms with E-state index in [9.17, 15) is 14.4 Å². The Hall–Kier alpha value is -1.59. The molecule has 1 unspecified atom stereocenters. The minimum absolute atomic E-state index is 0.0615. The summed E-state index contributed by atoms with van der Waals surface area (Å²) in [4.78, 5) is 38.0. The van der Waals surface area contributed by atoms with Crippen molar-refractivity contribution in [3.63, 3.8) is 0 Å². The molecule has 0 aromatic carbocycles. The molecule has 0 aromatic rings. The monoisotopic (exact) mass is 1000 g/mol. The molecule has 6 nitrogen and oxygen atoms in total. The first kappa shape index (κ1) is 69.4. The van der Waals surface area contributed by atoms with Crippen molar-refractivity contribution < 1.29 is 28.6 Å². The Morgan fingerprint density at radius 3 is 0.563 bits per heavy atom. The van der Waals surface area contributed by atoms with Crippen molar-refractivity contribution >= 4 is 17.9 Å². The van der Waals surface area contributed by atoms with Gasteiger partial charge < -0.3 is 14.2 Å². The topological polar surface area (TPSA) is 78.9 Å². The molecule has 0 bridgehead atoms. The zero-order valence-corrected chi connectivity index (χ0v) is 48.5. The normalized spacial score (nSPS) is 11.9. The Balaban J connectivity index is 3.95. The summed E-state index contributed by atoms with van der Waals surface area (Å²) in [6.07, 6.45) is 70.1. The van der Waals surface area contributed by atoms with Crippen LogP contribution in [0.3, 0.4) is 0 Å². The van der Waals surface area contributed by atoms with Crippen molar-refractivity contribution in [2.75, 3.05) is 13.2 Å². The van der Waals surface area contributed by atoms with E-state index in [0.29, 0.717) is 19.3 Å². The molecule has 0 saturated heterocycles. The van der Waals surface area contributed by atoms with Crippen LogP contribution in [-0.2, 0) is 28.6 Å². The first-order valence-corrected chi connectivity index (χ1v) is 32.5. The molecule has 0 aliphatic carbocycles. The Morgan fingerprint density at radius 2 is 0.380 bits per heavy atom. The molecule has 1 atom stereocenters. The first-order chi connectivity index (χ1) is 35.0. The van der Waals surface area contributed by atoms with E-state index in [1.54, 1.807) is 0 Å². The molecule has 0 saturated carbocycles. The predicted octanol–water partition coefficient (Wildman–Crippen LogP) is 21.9. The second-order valence-electron chi connectivity index (χ2n) is 22.4. The third-order valence-electron chi connectivity index (χ3n) is 15.1. The van der Waals surface area contributed by atoms with Crippen LogP contribution in [0.4, 0.5) is 0 Å². The summed E-state index contributed by atoms with van der Waals surface area (Å²) < 4.78 is 16.8. The molecule has 0 spiro atoms. The van der Waals surface area contributed by atoms with Crippen LogP contribution < -0.4 is 0 Å². The summed E-state index contributed by atoms with van der Waals surface area (Å²) in [6, 6.07) is 0. The van der Waals surface area contributed by atoms with Gasteiger partial charge in [-0.2, -0.15) is 0 Å². The third-order valence-corrected chi connectivity index (χ3v) is 15.1. The van der Waals surface area contributed by atoms with Gasteiger partial charge in [0.25, 0.3) is 0 Å². The first-order valence-electron chi connectivity index (χ1n) is 32.5. The molecular formula is C65H126O6. The number of unbranched alkanes of at least 4 members (excludes halogenated alkanes) is 50. The van der Waals surface area contributed by atoms with Crippen LogP contribution in [0.5, 0.6) is 0 Å². The fourth-order valence-electron chi connectivity index (χ4n) is 10.2. The van der Waals surface area contributed by atoms with Gasteiger partial charge in [0.1, 0.15) is 13.2 Å². The van der Waals surface area contributed by atoms with Crippen LogP contribution in [0.2, 0.25) is 0 Å². The number of esters is 3. The van der Waals surface area contributed by atoms with Crippen molar-refractivity contribution in [3.05, 3.63) is 0 Å². The van der Waals surface area contributed by atoms with Gasteiger partial charge in [-0.05, 0) is 19.3 Å². The lowest BCUT2D eigenvalue weighted by molar-refractivity contribution is -0.167. The summed E-state index contributed by atoms with van der Waals surface area (Å²) in [6.45, 7) is 6.68. The maximum Gasteiger partial charge on any atom is 0.306 e. The lowest BCUT2D eigenvalue weighted by atomic mass is 10.0. The lowest BCUT2D eigenvalue weighted by Crippen LogP contribution is -2.30. The molecule has 422 valence electrons. The molecule has 0 amide bonds.